The molecule has 0 saturated heterocycles. The molecule has 0 spiro atoms. The number of nitrogens with one attached hydrogen (secondary N) is 1. The standard InChI is InChI=1S/C23H29N3O3/c1-16(2)15-26-19-9-6-5-8-18(19)25-22(26)10-7-13-24-23(27)17-11-12-20(28-3)21(14-17)29-4/h5-6,8-9,11-12,14,16H,7,10,13,15H2,1-4H3,(H,24,27). The third kappa shape index (κ3) is 4.88. The van der Waals surface area contributed by atoms with Crippen LogP contribution < -0.4 is 14.8 Å². The summed E-state index contributed by atoms with van der Waals surface area (Å²) in [6, 6.07) is 13.4. The number of carbonyl (C=O) groups is 1. The van der Waals surface area contributed by atoms with Crippen LogP contribution in [-0.2, 0) is 13.0 Å². The molecule has 2 aromatic carbocycles. The number of aryl methyl sites for hydroxylation is 1. The number of amides is 1. The molecule has 0 bridgehead atoms. The molecule has 3 rings (SSSR count). The van der Waals surface area contributed by atoms with Crippen molar-refractivity contribution in [3.05, 3.63) is 53.9 Å². The van der Waals surface area contributed by atoms with Crippen LogP contribution >= 0.6 is 0 Å². The summed E-state index contributed by atoms with van der Waals surface area (Å²) < 4.78 is 12.8. The number of fused-ring (bicyclic) bond motifs is 1. The number of imidazole rings is 1. The lowest BCUT2D eigenvalue weighted by molar-refractivity contribution is 0.0952. The molecule has 1 N–H and O–H groups in total. The molecule has 3 aromatic rings. The molecule has 0 radical (unpaired) electrons. The lowest BCUT2D eigenvalue weighted by Crippen LogP contribution is -2.25. The number of para-hydroxylation sites is 2. The predicted molar refractivity (Wildman–Crippen MR) is 115 cm³/mol. The number of benzene rings is 2. The summed E-state index contributed by atoms with van der Waals surface area (Å²) in [5, 5.41) is 2.98. The van der Waals surface area contributed by atoms with Crippen LogP contribution in [0.4, 0.5) is 0 Å². The SMILES string of the molecule is COc1ccc(C(=O)NCCCc2nc3ccccc3n2CC(C)C)cc1OC. The number of nitrogens with zero attached hydrogens (tertiary/aromatic N) is 2. The molecule has 6 heteroatoms. The number of hydrogen-bond acceptors (Lipinski definition) is 4. The molecule has 154 valence electrons. The summed E-state index contributed by atoms with van der Waals surface area (Å²) in [7, 11) is 3.13. The molecule has 0 aliphatic carbocycles. The van der Waals surface area contributed by atoms with Gasteiger partial charge >= 0.3 is 0 Å². The summed E-state index contributed by atoms with van der Waals surface area (Å²) in [6.07, 6.45) is 1.63. The first-order chi connectivity index (χ1) is 14.0. The van der Waals surface area contributed by atoms with E-state index in [-0.39, 0.29) is 5.91 Å². The normalized spacial score (nSPS) is 11.1. The minimum Gasteiger partial charge on any atom is -0.493 e. The molecule has 1 aromatic heterocycles. The van der Waals surface area contributed by atoms with Crippen LogP contribution in [0.5, 0.6) is 11.5 Å². The number of ether oxygens (including phenoxy) is 2. The summed E-state index contributed by atoms with van der Waals surface area (Å²) in [4.78, 5) is 17.3. The highest BCUT2D eigenvalue weighted by Gasteiger charge is 2.13. The van der Waals surface area contributed by atoms with Crippen molar-refractivity contribution in [3.8, 4) is 11.5 Å². The number of aromatic nitrogens is 2. The Kier molecular flexibility index (Phi) is 6.75. The molecular weight excluding hydrogens is 366 g/mol. The lowest BCUT2D eigenvalue weighted by Gasteiger charge is -2.12. The Hall–Kier alpha value is -3.02. The van der Waals surface area contributed by atoms with Gasteiger partial charge in [-0.1, -0.05) is 26.0 Å². The zero-order chi connectivity index (χ0) is 20.8. The maximum absolute atomic E-state index is 12.4. The van der Waals surface area contributed by atoms with Crippen molar-refractivity contribution in [3.63, 3.8) is 0 Å². The van der Waals surface area contributed by atoms with Crippen LogP contribution in [0.25, 0.3) is 11.0 Å². The molecule has 29 heavy (non-hydrogen) atoms. The molecule has 1 amide bonds. The van der Waals surface area contributed by atoms with Gasteiger partial charge in [-0.05, 0) is 42.7 Å². The average Bonchev–Trinajstić information content (AvgIpc) is 3.07. The highest BCUT2D eigenvalue weighted by molar-refractivity contribution is 5.94. The molecule has 0 fully saturated rings. The Morgan fingerprint density at radius 1 is 1.10 bits per heavy atom. The summed E-state index contributed by atoms with van der Waals surface area (Å²) in [5.74, 6) is 2.63. The van der Waals surface area contributed by atoms with E-state index < -0.39 is 0 Å². The van der Waals surface area contributed by atoms with Crippen LogP contribution in [0.2, 0.25) is 0 Å². The van der Waals surface area contributed by atoms with E-state index in [2.05, 4.69) is 35.9 Å². The van der Waals surface area contributed by atoms with Crippen molar-refractivity contribution < 1.29 is 14.3 Å². The van der Waals surface area contributed by atoms with Crippen molar-refractivity contribution in [2.24, 2.45) is 5.92 Å². The van der Waals surface area contributed by atoms with Gasteiger partial charge < -0.3 is 19.4 Å². The summed E-state index contributed by atoms with van der Waals surface area (Å²) >= 11 is 0. The van der Waals surface area contributed by atoms with Gasteiger partial charge in [0.15, 0.2) is 11.5 Å². The smallest absolute Gasteiger partial charge is 0.251 e. The van der Waals surface area contributed by atoms with Gasteiger partial charge in [-0.25, -0.2) is 4.98 Å². The number of carbonyl (C=O) groups excluding carboxylic acids is 1. The van der Waals surface area contributed by atoms with Crippen LogP contribution in [0, 0.1) is 5.92 Å². The first-order valence-corrected chi connectivity index (χ1v) is 9.97. The zero-order valence-electron chi connectivity index (χ0n) is 17.6. The van der Waals surface area contributed by atoms with E-state index in [0.717, 1.165) is 30.7 Å². The van der Waals surface area contributed by atoms with Gasteiger partial charge in [0.05, 0.1) is 25.3 Å². The summed E-state index contributed by atoms with van der Waals surface area (Å²) in [5.41, 5.74) is 2.75. The Morgan fingerprint density at radius 2 is 1.86 bits per heavy atom. The molecular formula is C23H29N3O3. The second-order valence-electron chi connectivity index (χ2n) is 7.45. The van der Waals surface area contributed by atoms with Gasteiger partial charge in [-0.15, -0.1) is 0 Å². The fourth-order valence-corrected chi connectivity index (χ4v) is 3.41. The minimum atomic E-state index is -0.123. The first-order valence-electron chi connectivity index (χ1n) is 9.97. The largest absolute Gasteiger partial charge is 0.493 e. The monoisotopic (exact) mass is 395 g/mol. The first kappa shape index (κ1) is 20.7. The van der Waals surface area contributed by atoms with Gasteiger partial charge in [0.25, 0.3) is 5.91 Å². The maximum Gasteiger partial charge on any atom is 0.251 e. The molecule has 0 saturated carbocycles. The van der Waals surface area contributed by atoms with Crippen LogP contribution in [0.1, 0.15) is 36.5 Å². The zero-order valence-corrected chi connectivity index (χ0v) is 17.6. The summed E-state index contributed by atoms with van der Waals surface area (Å²) in [6.45, 7) is 5.94. The van der Waals surface area contributed by atoms with Crippen molar-refractivity contribution in [2.75, 3.05) is 20.8 Å². The molecule has 0 aliphatic rings. The van der Waals surface area contributed by atoms with Crippen molar-refractivity contribution in [1.82, 2.24) is 14.9 Å². The van der Waals surface area contributed by atoms with Crippen LogP contribution in [0.15, 0.2) is 42.5 Å². The van der Waals surface area contributed by atoms with E-state index in [1.807, 2.05) is 12.1 Å². The van der Waals surface area contributed by atoms with Crippen molar-refractivity contribution in [1.29, 1.82) is 0 Å². The van der Waals surface area contributed by atoms with E-state index in [4.69, 9.17) is 14.5 Å². The van der Waals surface area contributed by atoms with E-state index in [0.29, 0.717) is 29.5 Å². The Balaban J connectivity index is 1.61. The van der Waals surface area contributed by atoms with Gasteiger partial charge in [-0.2, -0.15) is 0 Å². The van der Waals surface area contributed by atoms with E-state index in [9.17, 15) is 4.79 Å². The van der Waals surface area contributed by atoms with Crippen molar-refractivity contribution >= 4 is 16.9 Å². The predicted octanol–water partition coefficient (Wildman–Crippen LogP) is 4.07. The number of methoxy groups -OCH3 is 2. The van der Waals surface area contributed by atoms with Crippen LogP contribution in [0.3, 0.4) is 0 Å². The second kappa shape index (κ2) is 9.45. The van der Waals surface area contributed by atoms with Gasteiger partial charge in [0.1, 0.15) is 5.82 Å². The van der Waals surface area contributed by atoms with Gasteiger partial charge in [-0.3, -0.25) is 4.79 Å². The third-order valence-electron chi connectivity index (χ3n) is 4.79. The maximum atomic E-state index is 12.4. The molecule has 1 heterocycles. The Labute approximate surface area is 171 Å². The lowest BCUT2D eigenvalue weighted by atomic mass is 10.2. The molecule has 0 aliphatic heterocycles. The quantitative estimate of drug-likeness (QED) is 0.555. The Morgan fingerprint density at radius 3 is 2.59 bits per heavy atom. The van der Waals surface area contributed by atoms with E-state index in [1.54, 1.807) is 32.4 Å². The molecule has 6 nitrogen and oxygen atoms in total. The van der Waals surface area contributed by atoms with Gasteiger partial charge in [0.2, 0.25) is 0 Å². The molecule has 0 unspecified atom stereocenters. The second-order valence-corrected chi connectivity index (χ2v) is 7.45. The molecule has 0 atom stereocenters. The third-order valence-corrected chi connectivity index (χ3v) is 4.79. The number of rotatable bonds is 9. The van der Waals surface area contributed by atoms with Crippen molar-refractivity contribution in [2.45, 2.75) is 33.2 Å². The van der Waals surface area contributed by atoms with Gasteiger partial charge in [0, 0.05) is 25.1 Å². The highest BCUT2D eigenvalue weighted by Crippen LogP contribution is 2.27. The number of hydrogen-bond donors (Lipinski definition) is 1. The highest BCUT2D eigenvalue weighted by atomic mass is 16.5. The fraction of sp³-hybridized carbons (Fsp3) is 0.391. The minimum absolute atomic E-state index is 0.123. The van der Waals surface area contributed by atoms with Crippen LogP contribution in [-0.4, -0.2) is 36.2 Å². The fourth-order valence-electron chi connectivity index (χ4n) is 3.41. The topological polar surface area (TPSA) is 65.4 Å². The average molecular weight is 396 g/mol. The Bertz CT molecular complexity index is 979. The van der Waals surface area contributed by atoms with E-state index >= 15 is 0 Å². The van der Waals surface area contributed by atoms with E-state index in [1.165, 1.54) is 5.52 Å².